The molecule has 1 heterocycles. The molecular formula is C5H8N4OS. The molecule has 60 valence electrons. The highest BCUT2D eigenvalue weighted by Crippen LogP contribution is 1.93. The lowest BCUT2D eigenvalue weighted by molar-refractivity contribution is 0.0945. The second-order valence-electron chi connectivity index (χ2n) is 1.83. The van der Waals surface area contributed by atoms with E-state index in [9.17, 15) is 4.79 Å². The fourth-order valence-corrected chi connectivity index (χ4v) is 0.813. The van der Waals surface area contributed by atoms with Gasteiger partial charge in [0.1, 0.15) is 6.33 Å². The van der Waals surface area contributed by atoms with E-state index in [-0.39, 0.29) is 11.7 Å². The molecule has 0 atom stereocenters. The van der Waals surface area contributed by atoms with Crippen LogP contribution in [-0.4, -0.2) is 26.6 Å². The molecule has 0 aromatic carbocycles. The highest BCUT2D eigenvalue weighted by atomic mass is 32.1. The van der Waals surface area contributed by atoms with Gasteiger partial charge in [0.2, 0.25) is 5.82 Å². The van der Waals surface area contributed by atoms with E-state index < -0.39 is 0 Å². The Morgan fingerprint density at radius 2 is 2.64 bits per heavy atom. The van der Waals surface area contributed by atoms with Crippen LogP contribution in [0.15, 0.2) is 6.33 Å². The molecule has 0 saturated heterocycles. The molecule has 11 heavy (non-hydrogen) atoms. The summed E-state index contributed by atoms with van der Waals surface area (Å²) in [6.45, 7) is 2.40. The van der Waals surface area contributed by atoms with Crippen molar-refractivity contribution in [2.45, 2.75) is 6.92 Å². The Hall–Kier alpha value is -1.04. The number of thiol groups is 1. The molecular weight excluding hydrogens is 164 g/mol. The second-order valence-corrected chi connectivity index (χ2v) is 2.21. The van der Waals surface area contributed by atoms with Crippen molar-refractivity contribution in [2.75, 3.05) is 6.54 Å². The van der Waals surface area contributed by atoms with Crippen LogP contribution in [0.4, 0.5) is 0 Å². The molecule has 0 saturated carbocycles. The summed E-state index contributed by atoms with van der Waals surface area (Å²) in [5, 5.41) is 6.21. The molecule has 0 aliphatic rings. The number of amides is 1. The molecule has 0 aliphatic heterocycles. The zero-order valence-corrected chi connectivity index (χ0v) is 6.88. The Kier molecular flexibility index (Phi) is 2.48. The number of rotatable bonds is 2. The first kappa shape index (κ1) is 8.06. The first-order valence-electron chi connectivity index (χ1n) is 3.13. The van der Waals surface area contributed by atoms with Crippen molar-refractivity contribution in [1.29, 1.82) is 0 Å². The molecule has 0 radical (unpaired) electrons. The summed E-state index contributed by atoms with van der Waals surface area (Å²) in [6.07, 6.45) is 1.28. The normalized spacial score (nSPS) is 9.64. The van der Waals surface area contributed by atoms with Gasteiger partial charge in [-0.2, -0.15) is 4.09 Å². The fourth-order valence-electron chi connectivity index (χ4n) is 0.625. The molecule has 1 aromatic heterocycles. The monoisotopic (exact) mass is 172 g/mol. The maximum absolute atomic E-state index is 11.0. The number of carbonyl (C=O) groups is 1. The van der Waals surface area contributed by atoms with Crippen LogP contribution in [-0.2, 0) is 0 Å². The van der Waals surface area contributed by atoms with Crippen LogP contribution in [0, 0.1) is 0 Å². The van der Waals surface area contributed by atoms with E-state index in [0.717, 1.165) is 4.09 Å². The number of nitrogens with one attached hydrogen (secondary N) is 1. The molecule has 0 bridgehead atoms. The fraction of sp³-hybridized carbons (Fsp3) is 0.400. The lowest BCUT2D eigenvalue weighted by atomic mass is 10.5. The third-order valence-electron chi connectivity index (χ3n) is 1.07. The van der Waals surface area contributed by atoms with E-state index in [0.29, 0.717) is 6.54 Å². The van der Waals surface area contributed by atoms with Gasteiger partial charge in [0.05, 0.1) is 0 Å². The van der Waals surface area contributed by atoms with E-state index in [1.54, 1.807) is 0 Å². The van der Waals surface area contributed by atoms with Crippen LogP contribution >= 0.6 is 12.8 Å². The van der Waals surface area contributed by atoms with Crippen LogP contribution in [0.5, 0.6) is 0 Å². The molecule has 5 nitrogen and oxygen atoms in total. The average Bonchev–Trinajstić information content (AvgIpc) is 2.36. The van der Waals surface area contributed by atoms with Crippen molar-refractivity contribution in [2.24, 2.45) is 0 Å². The van der Waals surface area contributed by atoms with Crippen molar-refractivity contribution in [3.63, 3.8) is 0 Å². The lowest BCUT2D eigenvalue weighted by Gasteiger charge is -1.97. The van der Waals surface area contributed by atoms with E-state index in [2.05, 4.69) is 28.2 Å². The Morgan fingerprint density at radius 1 is 1.91 bits per heavy atom. The average molecular weight is 172 g/mol. The number of hydrogen-bond acceptors (Lipinski definition) is 4. The number of nitrogens with zero attached hydrogens (tertiary/aromatic N) is 3. The van der Waals surface area contributed by atoms with E-state index in [4.69, 9.17) is 0 Å². The third kappa shape index (κ3) is 1.70. The minimum atomic E-state index is -0.264. The Bertz CT molecular complexity index is 259. The Morgan fingerprint density at radius 3 is 3.09 bits per heavy atom. The highest BCUT2D eigenvalue weighted by molar-refractivity contribution is 7.78. The molecule has 1 aromatic rings. The van der Waals surface area contributed by atoms with Crippen LogP contribution in [0.25, 0.3) is 0 Å². The topological polar surface area (TPSA) is 59.8 Å². The molecule has 6 heteroatoms. The minimum absolute atomic E-state index is 0.204. The summed E-state index contributed by atoms with van der Waals surface area (Å²) in [7, 11) is 0. The zero-order valence-electron chi connectivity index (χ0n) is 5.98. The Balaban J connectivity index is 2.76. The SMILES string of the molecule is CCNC(=O)c1ncnn1S. The third-order valence-corrected chi connectivity index (χ3v) is 1.36. The largest absolute Gasteiger partial charge is 0.350 e. The number of carbonyl (C=O) groups excluding carboxylic acids is 1. The molecule has 0 unspecified atom stereocenters. The molecule has 0 spiro atoms. The minimum Gasteiger partial charge on any atom is -0.350 e. The molecule has 1 amide bonds. The van der Waals surface area contributed by atoms with Crippen molar-refractivity contribution in [3.8, 4) is 0 Å². The van der Waals surface area contributed by atoms with Gasteiger partial charge in [-0.1, -0.05) is 0 Å². The van der Waals surface area contributed by atoms with Gasteiger partial charge in [-0.25, -0.2) is 4.98 Å². The number of aromatic nitrogens is 3. The lowest BCUT2D eigenvalue weighted by Crippen LogP contribution is -2.25. The summed E-state index contributed by atoms with van der Waals surface area (Å²) in [5.41, 5.74) is 0. The molecule has 0 aliphatic carbocycles. The van der Waals surface area contributed by atoms with Crippen LogP contribution in [0.2, 0.25) is 0 Å². The molecule has 0 fully saturated rings. The van der Waals surface area contributed by atoms with Gasteiger partial charge in [0.15, 0.2) is 0 Å². The molecule has 1 rings (SSSR count). The first-order valence-corrected chi connectivity index (χ1v) is 3.53. The number of hydrogen-bond donors (Lipinski definition) is 2. The summed E-state index contributed by atoms with van der Waals surface area (Å²) >= 11 is 3.86. The van der Waals surface area contributed by atoms with E-state index >= 15 is 0 Å². The molecule has 1 N–H and O–H groups in total. The zero-order chi connectivity index (χ0) is 8.27. The van der Waals surface area contributed by atoms with Crippen LogP contribution < -0.4 is 5.32 Å². The van der Waals surface area contributed by atoms with Gasteiger partial charge < -0.3 is 5.32 Å². The summed E-state index contributed by atoms with van der Waals surface area (Å²) in [4.78, 5) is 14.7. The smallest absolute Gasteiger partial charge is 0.289 e. The maximum Gasteiger partial charge on any atom is 0.289 e. The van der Waals surface area contributed by atoms with Gasteiger partial charge in [-0.3, -0.25) is 4.79 Å². The van der Waals surface area contributed by atoms with E-state index in [1.165, 1.54) is 6.33 Å². The highest BCUT2D eigenvalue weighted by Gasteiger charge is 2.09. The Labute approximate surface area is 69.4 Å². The predicted octanol–water partition coefficient (Wildman–Crippen LogP) is -0.279. The van der Waals surface area contributed by atoms with Gasteiger partial charge >= 0.3 is 0 Å². The van der Waals surface area contributed by atoms with Gasteiger partial charge in [-0.15, -0.1) is 5.10 Å². The van der Waals surface area contributed by atoms with Crippen molar-refractivity contribution in [3.05, 3.63) is 12.2 Å². The summed E-state index contributed by atoms with van der Waals surface area (Å²) in [6, 6.07) is 0. The van der Waals surface area contributed by atoms with Crippen molar-refractivity contribution in [1.82, 2.24) is 19.5 Å². The summed E-state index contributed by atoms with van der Waals surface area (Å²) in [5.74, 6) is -0.0600. The standard InChI is InChI=1S/C5H8N4OS/c1-2-6-5(10)4-7-3-8-9(4)11/h3,11H,2H2,1H3,(H,6,10). The maximum atomic E-state index is 11.0. The summed E-state index contributed by atoms with van der Waals surface area (Å²) < 4.78 is 1.13. The second kappa shape index (κ2) is 3.38. The first-order chi connectivity index (χ1) is 5.25. The van der Waals surface area contributed by atoms with Crippen LogP contribution in [0.3, 0.4) is 0 Å². The quantitative estimate of drug-likeness (QED) is 0.603. The van der Waals surface area contributed by atoms with Gasteiger partial charge in [-0.05, 0) is 19.7 Å². The van der Waals surface area contributed by atoms with Crippen molar-refractivity contribution < 1.29 is 4.79 Å². The predicted molar refractivity (Wildman–Crippen MR) is 42.4 cm³/mol. The van der Waals surface area contributed by atoms with Crippen molar-refractivity contribution >= 4 is 18.7 Å². The van der Waals surface area contributed by atoms with Gasteiger partial charge in [0.25, 0.3) is 5.91 Å². The van der Waals surface area contributed by atoms with Gasteiger partial charge in [0, 0.05) is 6.54 Å². The van der Waals surface area contributed by atoms with Crippen LogP contribution in [0.1, 0.15) is 17.5 Å². The van der Waals surface area contributed by atoms with E-state index in [1.807, 2.05) is 6.92 Å².